The van der Waals surface area contributed by atoms with Crippen LogP contribution in [0.25, 0.3) is 17.5 Å². The Morgan fingerprint density at radius 1 is 1.26 bits per heavy atom. The van der Waals surface area contributed by atoms with E-state index in [2.05, 4.69) is 51.7 Å². The maximum absolute atomic E-state index is 5.73. The van der Waals surface area contributed by atoms with E-state index >= 15 is 0 Å². The predicted octanol–water partition coefficient (Wildman–Crippen LogP) is 2.70. The first-order chi connectivity index (χ1) is 13.2. The van der Waals surface area contributed by atoms with E-state index in [-0.39, 0.29) is 6.10 Å². The highest BCUT2D eigenvalue weighted by Gasteiger charge is 2.47. The van der Waals surface area contributed by atoms with Crippen LogP contribution in [0.1, 0.15) is 24.8 Å². The molecule has 3 aliphatic heterocycles. The normalized spacial score (nSPS) is 24.2. The van der Waals surface area contributed by atoms with Crippen LogP contribution in [0.15, 0.2) is 30.5 Å². The third-order valence-electron chi connectivity index (χ3n) is 6.08. The van der Waals surface area contributed by atoms with Crippen molar-refractivity contribution in [3.05, 3.63) is 36.0 Å². The fourth-order valence-corrected chi connectivity index (χ4v) is 4.35. The average Bonchev–Trinajstić information content (AvgIpc) is 3.07. The smallest absolute Gasteiger partial charge is 0.113 e. The summed E-state index contributed by atoms with van der Waals surface area (Å²) >= 11 is 0. The number of benzene rings is 1. The number of hydrogen-bond donors (Lipinski definition) is 1. The van der Waals surface area contributed by atoms with E-state index in [9.17, 15) is 0 Å². The van der Waals surface area contributed by atoms with Crippen LogP contribution in [0.4, 0.5) is 5.69 Å². The molecule has 142 valence electrons. The number of hydrogen-bond acceptors (Lipinski definition) is 5. The first-order valence-electron chi connectivity index (χ1n) is 9.99. The lowest BCUT2D eigenvalue weighted by Crippen LogP contribution is -2.71. The van der Waals surface area contributed by atoms with Gasteiger partial charge in [0.15, 0.2) is 0 Å². The lowest BCUT2D eigenvalue weighted by atomic mass is 9.74. The molecule has 3 saturated heterocycles. The molecule has 1 aromatic carbocycles. The molecular weight excluding hydrogens is 338 g/mol. The molecule has 0 aliphatic carbocycles. The zero-order chi connectivity index (χ0) is 18.3. The SMILES string of the molecule is Cc1cc(N2CC3(CNC3)C2)ccc1-c1cn(C=CC2CCCCO2)nn1. The summed E-state index contributed by atoms with van der Waals surface area (Å²) in [6.07, 6.45) is 9.73. The molecule has 1 spiro atoms. The Bertz CT molecular complexity index is 840. The Labute approximate surface area is 160 Å². The van der Waals surface area contributed by atoms with Gasteiger partial charge in [-0.2, -0.15) is 0 Å². The number of aryl methyl sites for hydroxylation is 1. The number of anilines is 1. The Kier molecular flexibility index (Phi) is 4.25. The van der Waals surface area contributed by atoms with Gasteiger partial charge in [-0.3, -0.25) is 0 Å². The Morgan fingerprint density at radius 2 is 2.15 bits per heavy atom. The second-order valence-electron chi connectivity index (χ2n) is 8.29. The number of aromatic nitrogens is 3. The van der Waals surface area contributed by atoms with Crippen LogP contribution in [0.2, 0.25) is 0 Å². The maximum Gasteiger partial charge on any atom is 0.113 e. The lowest BCUT2D eigenvalue weighted by Gasteiger charge is -2.57. The highest BCUT2D eigenvalue weighted by atomic mass is 16.5. The van der Waals surface area contributed by atoms with Crippen molar-refractivity contribution in [1.82, 2.24) is 20.3 Å². The van der Waals surface area contributed by atoms with E-state index in [1.165, 1.54) is 50.3 Å². The van der Waals surface area contributed by atoms with Crippen molar-refractivity contribution in [3.8, 4) is 11.3 Å². The molecule has 0 bridgehead atoms. The molecule has 3 aliphatic rings. The van der Waals surface area contributed by atoms with E-state index in [4.69, 9.17) is 4.74 Å². The lowest BCUT2D eigenvalue weighted by molar-refractivity contribution is 0.0469. The standard InChI is InChI=1S/C21H27N5O/c1-16-10-17(25-14-21(15-25)12-22-13-21)5-6-19(16)20-11-26(24-23-20)8-7-18-4-2-3-9-27-18/h5-8,10-11,18,22H,2-4,9,12-15H2,1H3. The van der Waals surface area contributed by atoms with Crippen molar-refractivity contribution in [2.45, 2.75) is 32.3 Å². The van der Waals surface area contributed by atoms with Crippen LogP contribution in [0.3, 0.4) is 0 Å². The summed E-state index contributed by atoms with van der Waals surface area (Å²) in [6, 6.07) is 6.67. The fourth-order valence-electron chi connectivity index (χ4n) is 4.35. The summed E-state index contributed by atoms with van der Waals surface area (Å²) in [4.78, 5) is 2.47. The molecule has 0 saturated carbocycles. The first-order valence-corrected chi connectivity index (χ1v) is 9.99. The second kappa shape index (κ2) is 6.77. The summed E-state index contributed by atoms with van der Waals surface area (Å²) in [5.41, 5.74) is 5.16. The highest BCUT2D eigenvalue weighted by Crippen LogP contribution is 2.38. The molecule has 4 heterocycles. The van der Waals surface area contributed by atoms with Gasteiger partial charge >= 0.3 is 0 Å². The van der Waals surface area contributed by atoms with Crippen LogP contribution in [-0.4, -0.2) is 53.9 Å². The topological polar surface area (TPSA) is 55.2 Å². The van der Waals surface area contributed by atoms with E-state index in [0.717, 1.165) is 24.3 Å². The van der Waals surface area contributed by atoms with Crippen molar-refractivity contribution in [2.24, 2.45) is 5.41 Å². The number of nitrogens with zero attached hydrogens (tertiary/aromatic N) is 4. The summed E-state index contributed by atoms with van der Waals surface area (Å²) in [6.45, 7) is 7.69. The van der Waals surface area contributed by atoms with Crippen molar-refractivity contribution < 1.29 is 4.74 Å². The minimum atomic E-state index is 0.207. The molecule has 0 amide bonds. The van der Waals surface area contributed by atoms with Crippen LogP contribution >= 0.6 is 0 Å². The third-order valence-corrected chi connectivity index (χ3v) is 6.08. The molecule has 27 heavy (non-hydrogen) atoms. The Balaban J connectivity index is 1.27. The van der Waals surface area contributed by atoms with Gasteiger partial charge in [-0.15, -0.1) is 5.10 Å². The molecule has 1 unspecified atom stereocenters. The minimum Gasteiger partial charge on any atom is -0.374 e. The molecule has 6 nitrogen and oxygen atoms in total. The second-order valence-corrected chi connectivity index (χ2v) is 8.29. The fraction of sp³-hybridized carbons (Fsp3) is 0.524. The first kappa shape index (κ1) is 17.0. The van der Waals surface area contributed by atoms with Gasteiger partial charge in [0.1, 0.15) is 5.69 Å². The monoisotopic (exact) mass is 365 g/mol. The minimum absolute atomic E-state index is 0.207. The van der Waals surface area contributed by atoms with E-state index in [0.29, 0.717) is 5.41 Å². The van der Waals surface area contributed by atoms with Crippen molar-refractivity contribution in [3.63, 3.8) is 0 Å². The van der Waals surface area contributed by atoms with Crippen molar-refractivity contribution in [1.29, 1.82) is 0 Å². The van der Waals surface area contributed by atoms with Gasteiger partial charge in [0.05, 0.1) is 12.3 Å². The maximum atomic E-state index is 5.73. The Morgan fingerprint density at radius 3 is 2.85 bits per heavy atom. The van der Waals surface area contributed by atoms with Gasteiger partial charge in [-0.25, -0.2) is 4.68 Å². The highest BCUT2D eigenvalue weighted by molar-refractivity contribution is 5.67. The molecule has 1 aromatic heterocycles. The van der Waals surface area contributed by atoms with E-state index in [1.54, 1.807) is 4.68 Å². The molecule has 2 aromatic rings. The summed E-state index contributed by atoms with van der Waals surface area (Å²) < 4.78 is 7.51. The van der Waals surface area contributed by atoms with Crippen LogP contribution < -0.4 is 10.2 Å². The molecule has 0 radical (unpaired) electrons. The number of rotatable bonds is 4. The summed E-state index contributed by atoms with van der Waals surface area (Å²) in [7, 11) is 0. The van der Waals surface area contributed by atoms with Gasteiger partial charge in [-0.1, -0.05) is 11.3 Å². The zero-order valence-electron chi connectivity index (χ0n) is 15.9. The Hall–Kier alpha value is -2.18. The molecule has 6 heteroatoms. The predicted molar refractivity (Wildman–Crippen MR) is 107 cm³/mol. The summed E-state index contributed by atoms with van der Waals surface area (Å²) in [5.74, 6) is 0. The van der Waals surface area contributed by atoms with Gasteiger partial charge in [0.2, 0.25) is 0 Å². The molecular formula is C21H27N5O. The molecule has 5 rings (SSSR count). The molecule has 1 N–H and O–H groups in total. The van der Waals surface area contributed by atoms with Crippen LogP contribution in [0.5, 0.6) is 0 Å². The van der Waals surface area contributed by atoms with Gasteiger partial charge in [0, 0.05) is 55.7 Å². The molecule has 3 fully saturated rings. The van der Waals surface area contributed by atoms with Gasteiger partial charge < -0.3 is 15.0 Å². The molecule has 1 atom stereocenters. The third kappa shape index (κ3) is 3.28. The largest absolute Gasteiger partial charge is 0.374 e. The van der Waals surface area contributed by atoms with E-state index in [1.807, 2.05) is 12.4 Å². The van der Waals surface area contributed by atoms with Crippen LogP contribution in [0, 0.1) is 12.3 Å². The van der Waals surface area contributed by atoms with Gasteiger partial charge in [0.25, 0.3) is 0 Å². The van der Waals surface area contributed by atoms with Crippen molar-refractivity contribution in [2.75, 3.05) is 37.7 Å². The average molecular weight is 365 g/mol. The quantitative estimate of drug-likeness (QED) is 0.903. The van der Waals surface area contributed by atoms with Gasteiger partial charge in [-0.05, 0) is 50.0 Å². The summed E-state index contributed by atoms with van der Waals surface area (Å²) in [5, 5.41) is 12.0. The number of ether oxygens (including phenoxy) is 1. The zero-order valence-corrected chi connectivity index (χ0v) is 15.9. The van der Waals surface area contributed by atoms with E-state index < -0.39 is 0 Å². The number of nitrogens with one attached hydrogen (secondary N) is 1. The van der Waals surface area contributed by atoms with Crippen LogP contribution in [-0.2, 0) is 4.74 Å². The van der Waals surface area contributed by atoms with Crippen molar-refractivity contribution >= 4 is 11.9 Å².